The molecule has 0 saturated carbocycles. The molecule has 2 heterocycles. The average Bonchev–Trinajstić information content (AvgIpc) is 2.77. The Morgan fingerprint density at radius 2 is 2.13 bits per heavy atom. The first-order valence-electron chi connectivity index (χ1n) is 9.55. The van der Waals surface area contributed by atoms with Gasteiger partial charge in [-0.25, -0.2) is 0 Å². The number of allylic oxidation sites excluding steroid dienone is 2. The highest BCUT2D eigenvalue weighted by Gasteiger charge is 2.13. The predicted octanol–water partition coefficient (Wildman–Crippen LogP) is 5.87. The van der Waals surface area contributed by atoms with Crippen molar-refractivity contribution in [1.29, 1.82) is 0 Å². The van der Waals surface area contributed by atoms with Gasteiger partial charge in [0.2, 0.25) is 0 Å². The van der Waals surface area contributed by atoms with Gasteiger partial charge in [-0.1, -0.05) is 29.8 Å². The van der Waals surface area contributed by atoms with E-state index in [2.05, 4.69) is 32.4 Å². The third-order valence-electron chi connectivity index (χ3n) is 4.41. The highest BCUT2D eigenvalue weighted by Crippen LogP contribution is 2.33. The van der Waals surface area contributed by atoms with Gasteiger partial charge in [-0.15, -0.1) is 11.7 Å². The molecule has 2 aromatic heterocycles. The molecule has 0 unspecified atom stereocenters. The van der Waals surface area contributed by atoms with Gasteiger partial charge in [0.05, 0.1) is 22.6 Å². The fourth-order valence-corrected chi connectivity index (χ4v) is 3.04. The zero-order chi connectivity index (χ0) is 21.3. The van der Waals surface area contributed by atoms with Crippen LogP contribution in [0.1, 0.15) is 25.1 Å². The minimum atomic E-state index is 0.348. The van der Waals surface area contributed by atoms with E-state index < -0.39 is 0 Å². The van der Waals surface area contributed by atoms with E-state index >= 15 is 0 Å². The Bertz CT molecular complexity index is 1040. The van der Waals surface area contributed by atoms with E-state index in [4.69, 9.17) is 16.3 Å². The number of aromatic nitrogens is 3. The van der Waals surface area contributed by atoms with E-state index in [9.17, 15) is 0 Å². The molecule has 0 aliphatic heterocycles. The molecule has 0 atom stereocenters. The Morgan fingerprint density at radius 3 is 2.83 bits per heavy atom. The molecule has 0 radical (unpaired) electrons. The quantitative estimate of drug-likeness (QED) is 0.421. The Kier molecular flexibility index (Phi) is 7.40. The summed E-state index contributed by atoms with van der Waals surface area (Å²) >= 11 is 6.44. The van der Waals surface area contributed by atoms with Gasteiger partial charge in [0.25, 0.3) is 0 Å². The van der Waals surface area contributed by atoms with Gasteiger partial charge in [-0.05, 0) is 49.8 Å². The Labute approximate surface area is 181 Å². The van der Waals surface area contributed by atoms with Gasteiger partial charge in [0.15, 0.2) is 5.82 Å². The van der Waals surface area contributed by atoms with Crippen molar-refractivity contribution in [2.24, 2.45) is 0 Å². The number of benzene rings is 1. The molecule has 3 aromatic rings. The molecule has 0 amide bonds. The normalized spacial score (nSPS) is 11.1. The zero-order valence-corrected chi connectivity index (χ0v) is 17.8. The fraction of sp³-hybridized carbons (Fsp3) is 0.174. The van der Waals surface area contributed by atoms with Crippen molar-refractivity contribution >= 4 is 34.4 Å². The monoisotopic (exact) mass is 421 g/mol. The molecule has 0 fully saturated rings. The second-order valence-corrected chi connectivity index (χ2v) is 6.91. The summed E-state index contributed by atoms with van der Waals surface area (Å²) in [5.41, 5.74) is 4.51. The summed E-state index contributed by atoms with van der Waals surface area (Å²) in [6.07, 6.45) is 7.27. The predicted molar refractivity (Wildman–Crippen MR) is 123 cm³/mol. The SMILES string of the molecule is C=CCNc1cnnc(Nc2ccc(OCc3ccccn3)c(Cl)c2)c1/C(C)=C/C. The molecule has 0 aliphatic rings. The van der Waals surface area contributed by atoms with Crippen LogP contribution < -0.4 is 15.4 Å². The van der Waals surface area contributed by atoms with Crippen LogP contribution in [0.2, 0.25) is 5.02 Å². The molecule has 3 rings (SSSR count). The molecule has 0 bridgehead atoms. The number of ether oxygens (including phenoxy) is 1. The maximum atomic E-state index is 6.44. The van der Waals surface area contributed by atoms with Gasteiger partial charge in [-0.2, -0.15) is 5.10 Å². The lowest BCUT2D eigenvalue weighted by Gasteiger charge is -2.16. The molecule has 30 heavy (non-hydrogen) atoms. The topological polar surface area (TPSA) is 72.0 Å². The molecule has 0 aliphatic carbocycles. The largest absolute Gasteiger partial charge is 0.486 e. The summed E-state index contributed by atoms with van der Waals surface area (Å²) in [5, 5.41) is 15.5. The highest BCUT2D eigenvalue weighted by atomic mass is 35.5. The average molecular weight is 422 g/mol. The van der Waals surface area contributed by atoms with E-state index in [1.807, 2.05) is 50.3 Å². The first-order valence-corrected chi connectivity index (χ1v) is 9.93. The lowest BCUT2D eigenvalue weighted by molar-refractivity contribution is 0.301. The number of nitrogens with zero attached hydrogens (tertiary/aromatic N) is 3. The summed E-state index contributed by atoms with van der Waals surface area (Å²) in [6, 6.07) is 11.2. The maximum absolute atomic E-state index is 6.44. The Balaban J connectivity index is 1.80. The standard InChI is InChI=1S/C23H24ClN5O/c1-4-11-26-20-14-27-29-23(22(20)16(3)5-2)28-17-9-10-21(19(24)13-17)30-15-18-8-6-7-12-25-18/h4-10,12-14H,1,11,15H2,2-3H3,(H2,26,28,29)/b16-5+. The van der Waals surface area contributed by atoms with Crippen LogP contribution in [0.5, 0.6) is 5.75 Å². The minimum absolute atomic E-state index is 0.348. The van der Waals surface area contributed by atoms with E-state index in [1.54, 1.807) is 24.5 Å². The zero-order valence-electron chi connectivity index (χ0n) is 17.0. The Morgan fingerprint density at radius 1 is 1.27 bits per heavy atom. The van der Waals surface area contributed by atoms with Crippen molar-refractivity contribution < 1.29 is 4.74 Å². The van der Waals surface area contributed by atoms with Crippen LogP contribution in [0, 0.1) is 0 Å². The molecule has 154 valence electrons. The maximum Gasteiger partial charge on any atom is 0.162 e. The van der Waals surface area contributed by atoms with E-state index in [0.717, 1.165) is 28.2 Å². The molecule has 1 aromatic carbocycles. The van der Waals surface area contributed by atoms with Crippen LogP contribution in [-0.4, -0.2) is 21.7 Å². The van der Waals surface area contributed by atoms with Crippen LogP contribution >= 0.6 is 11.6 Å². The van der Waals surface area contributed by atoms with Crippen molar-refractivity contribution in [3.63, 3.8) is 0 Å². The van der Waals surface area contributed by atoms with Gasteiger partial charge in [0, 0.05) is 24.0 Å². The second kappa shape index (κ2) is 10.4. The van der Waals surface area contributed by atoms with Gasteiger partial charge in [0.1, 0.15) is 12.4 Å². The number of rotatable bonds is 9. The number of hydrogen-bond donors (Lipinski definition) is 2. The molecule has 6 nitrogen and oxygen atoms in total. The number of hydrogen-bond acceptors (Lipinski definition) is 6. The van der Waals surface area contributed by atoms with Gasteiger partial charge < -0.3 is 15.4 Å². The molecular formula is C23H24ClN5O. The van der Waals surface area contributed by atoms with Crippen molar-refractivity contribution in [1.82, 2.24) is 15.2 Å². The first-order chi connectivity index (χ1) is 14.6. The summed E-state index contributed by atoms with van der Waals surface area (Å²) < 4.78 is 5.79. The lowest BCUT2D eigenvalue weighted by atomic mass is 10.1. The van der Waals surface area contributed by atoms with E-state index in [-0.39, 0.29) is 0 Å². The molecule has 2 N–H and O–H groups in total. The third kappa shape index (κ3) is 5.36. The van der Waals surface area contributed by atoms with Crippen LogP contribution in [0.15, 0.2) is 67.5 Å². The van der Waals surface area contributed by atoms with Crippen molar-refractivity contribution in [2.75, 3.05) is 17.2 Å². The molecular weight excluding hydrogens is 398 g/mol. The molecule has 7 heteroatoms. The third-order valence-corrected chi connectivity index (χ3v) is 4.71. The van der Waals surface area contributed by atoms with Gasteiger partial charge >= 0.3 is 0 Å². The first kappa shape index (κ1) is 21.3. The highest BCUT2D eigenvalue weighted by molar-refractivity contribution is 6.32. The number of nitrogens with one attached hydrogen (secondary N) is 2. The van der Waals surface area contributed by atoms with E-state index in [1.165, 1.54) is 0 Å². The lowest BCUT2D eigenvalue weighted by Crippen LogP contribution is -2.07. The van der Waals surface area contributed by atoms with Crippen LogP contribution in [0.25, 0.3) is 5.57 Å². The summed E-state index contributed by atoms with van der Waals surface area (Å²) in [5.74, 6) is 1.23. The number of pyridine rings is 1. The van der Waals surface area contributed by atoms with Crippen LogP contribution in [-0.2, 0) is 6.61 Å². The number of anilines is 3. The summed E-state index contributed by atoms with van der Waals surface area (Å²) in [7, 11) is 0. The number of halogens is 1. The van der Waals surface area contributed by atoms with E-state index in [0.29, 0.717) is 29.7 Å². The van der Waals surface area contributed by atoms with Crippen molar-refractivity contribution in [3.8, 4) is 5.75 Å². The fourth-order valence-electron chi connectivity index (χ4n) is 2.80. The molecule has 0 saturated heterocycles. The molecule has 0 spiro atoms. The van der Waals surface area contributed by atoms with Crippen molar-refractivity contribution in [2.45, 2.75) is 20.5 Å². The summed E-state index contributed by atoms with van der Waals surface area (Å²) in [6.45, 7) is 8.75. The second-order valence-electron chi connectivity index (χ2n) is 6.50. The van der Waals surface area contributed by atoms with Crippen LogP contribution in [0.3, 0.4) is 0 Å². The van der Waals surface area contributed by atoms with Gasteiger partial charge in [-0.3, -0.25) is 4.98 Å². The van der Waals surface area contributed by atoms with Crippen molar-refractivity contribution in [3.05, 3.63) is 83.8 Å². The minimum Gasteiger partial charge on any atom is -0.486 e. The Hall–Kier alpha value is -3.38. The smallest absolute Gasteiger partial charge is 0.162 e. The summed E-state index contributed by atoms with van der Waals surface area (Å²) in [4.78, 5) is 4.25. The van der Waals surface area contributed by atoms with Crippen LogP contribution in [0.4, 0.5) is 17.2 Å².